The number of piperidine rings is 1. The number of amides is 1. The Morgan fingerprint density at radius 3 is 2.44 bits per heavy atom. The molecule has 3 heterocycles. The molecule has 1 amide bonds. The van der Waals surface area contributed by atoms with E-state index in [2.05, 4.69) is 14.9 Å². The van der Waals surface area contributed by atoms with Crippen LogP contribution in [0.2, 0.25) is 0 Å². The Hall–Kier alpha value is -2.26. The molecule has 1 aliphatic rings. The molecule has 1 aliphatic heterocycles. The average molecular weight is 364 g/mol. The molecule has 0 bridgehead atoms. The first-order valence-corrected chi connectivity index (χ1v) is 9.51. The van der Waals surface area contributed by atoms with Gasteiger partial charge in [-0.2, -0.15) is 0 Å². The van der Waals surface area contributed by atoms with Gasteiger partial charge in [0.15, 0.2) is 5.76 Å². The molecule has 25 heavy (non-hydrogen) atoms. The average Bonchev–Trinajstić information content (AvgIpc) is 2.95. The minimum absolute atomic E-state index is 0.0607. The molecule has 1 fully saturated rings. The first-order chi connectivity index (χ1) is 11.9. The lowest BCUT2D eigenvalue weighted by molar-refractivity contribution is 0.0711. The maximum Gasteiger partial charge on any atom is 0.253 e. The second-order valence-electron chi connectivity index (χ2n) is 6.08. The van der Waals surface area contributed by atoms with Crippen molar-refractivity contribution in [2.45, 2.75) is 37.6 Å². The second-order valence-corrected chi connectivity index (χ2v) is 7.73. The van der Waals surface area contributed by atoms with Gasteiger partial charge in [-0.15, -0.1) is 0 Å². The Kier molecular flexibility index (Phi) is 4.87. The van der Waals surface area contributed by atoms with E-state index in [0.717, 1.165) is 0 Å². The molecular weight excluding hydrogens is 344 g/mol. The number of carbonyl (C=O) groups excluding carboxylic acids is 1. The largest absolute Gasteiger partial charge is 0.360 e. The van der Waals surface area contributed by atoms with Gasteiger partial charge in [-0.05, 0) is 38.8 Å². The van der Waals surface area contributed by atoms with Gasteiger partial charge >= 0.3 is 0 Å². The molecular formula is C16H20N4O4S. The van der Waals surface area contributed by atoms with Crippen molar-refractivity contribution in [1.82, 2.24) is 19.8 Å². The van der Waals surface area contributed by atoms with Crippen LogP contribution in [-0.2, 0) is 10.0 Å². The van der Waals surface area contributed by atoms with Gasteiger partial charge in [0.05, 0.1) is 0 Å². The standard InChI is InChI=1S/C16H20N4O4S/c1-11-15(12(2)24-18-11)25(22,23)19-14-5-9-20(10-6-14)16(21)13-3-7-17-8-4-13/h3-4,7-8,14,19H,5-6,9-10H2,1-2H3. The van der Waals surface area contributed by atoms with E-state index in [4.69, 9.17) is 4.52 Å². The smallest absolute Gasteiger partial charge is 0.253 e. The lowest BCUT2D eigenvalue weighted by Gasteiger charge is -2.32. The Labute approximate surface area is 146 Å². The number of nitrogens with one attached hydrogen (secondary N) is 1. The summed E-state index contributed by atoms with van der Waals surface area (Å²) in [6, 6.07) is 3.13. The normalized spacial score (nSPS) is 16.2. The minimum atomic E-state index is -3.69. The zero-order valence-corrected chi connectivity index (χ0v) is 14.9. The molecule has 1 N–H and O–H groups in total. The molecule has 2 aromatic heterocycles. The quantitative estimate of drug-likeness (QED) is 0.876. The molecule has 2 aromatic rings. The maximum absolute atomic E-state index is 12.5. The first kappa shape index (κ1) is 17.6. The number of aromatic nitrogens is 2. The van der Waals surface area contributed by atoms with Crippen LogP contribution in [0.15, 0.2) is 33.9 Å². The molecule has 0 atom stereocenters. The van der Waals surface area contributed by atoms with Gasteiger partial charge in [-0.1, -0.05) is 5.16 Å². The first-order valence-electron chi connectivity index (χ1n) is 8.03. The highest BCUT2D eigenvalue weighted by Gasteiger charge is 2.30. The van der Waals surface area contributed by atoms with Crippen molar-refractivity contribution in [3.05, 3.63) is 41.5 Å². The van der Waals surface area contributed by atoms with Crippen LogP contribution in [0.25, 0.3) is 0 Å². The number of hydrogen-bond donors (Lipinski definition) is 1. The topological polar surface area (TPSA) is 105 Å². The summed E-state index contributed by atoms with van der Waals surface area (Å²) in [5, 5.41) is 3.69. The summed E-state index contributed by atoms with van der Waals surface area (Å²) in [6.45, 7) is 4.16. The summed E-state index contributed by atoms with van der Waals surface area (Å²) < 4.78 is 32.7. The summed E-state index contributed by atoms with van der Waals surface area (Å²) in [4.78, 5) is 18.1. The number of hydrogen-bond acceptors (Lipinski definition) is 6. The number of carbonyl (C=O) groups is 1. The van der Waals surface area contributed by atoms with E-state index in [1.54, 1.807) is 43.3 Å². The van der Waals surface area contributed by atoms with E-state index >= 15 is 0 Å². The third kappa shape index (κ3) is 3.72. The van der Waals surface area contributed by atoms with Crippen LogP contribution in [0.3, 0.4) is 0 Å². The number of sulfonamides is 1. The molecule has 0 spiro atoms. The zero-order chi connectivity index (χ0) is 18.0. The third-order valence-corrected chi connectivity index (χ3v) is 6.03. The minimum Gasteiger partial charge on any atom is -0.360 e. The van der Waals surface area contributed by atoms with Gasteiger partial charge in [0.1, 0.15) is 10.6 Å². The number of aryl methyl sites for hydroxylation is 2. The van der Waals surface area contributed by atoms with E-state index in [1.165, 1.54) is 0 Å². The van der Waals surface area contributed by atoms with Gasteiger partial charge in [0, 0.05) is 37.1 Å². The molecule has 134 valence electrons. The van der Waals surface area contributed by atoms with Gasteiger partial charge in [0.25, 0.3) is 5.91 Å². The van der Waals surface area contributed by atoms with E-state index in [0.29, 0.717) is 37.2 Å². The Bertz CT molecular complexity index is 836. The van der Waals surface area contributed by atoms with Crippen molar-refractivity contribution in [2.24, 2.45) is 0 Å². The monoisotopic (exact) mass is 364 g/mol. The van der Waals surface area contributed by atoms with Crippen LogP contribution >= 0.6 is 0 Å². The van der Waals surface area contributed by atoms with Crippen LogP contribution < -0.4 is 4.72 Å². The summed E-state index contributed by atoms with van der Waals surface area (Å²) >= 11 is 0. The van der Waals surface area contributed by atoms with Crippen molar-refractivity contribution in [3.63, 3.8) is 0 Å². The van der Waals surface area contributed by atoms with Crippen molar-refractivity contribution >= 4 is 15.9 Å². The fraction of sp³-hybridized carbons (Fsp3) is 0.438. The van der Waals surface area contributed by atoms with Crippen LogP contribution in [0.5, 0.6) is 0 Å². The molecule has 3 rings (SSSR count). The van der Waals surface area contributed by atoms with E-state index in [1.807, 2.05) is 0 Å². The summed E-state index contributed by atoms with van der Waals surface area (Å²) in [6.07, 6.45) is 4.27. The highest BCUT2D eigenvalue weighted by Crippen LogP contribution is 2.21. The van der Waals surface area contributed by atoms with Crippen molar-refractivity contribution in [1.29, 1.82) is 0 Å². The molecule has 0 aliphatic carbocycles. The van der Waals surface area contributed by atoms with Crippen molar-refractivity contribution in [2.75, 3.05) is 13.1 Å². The van der Waals surface area contributed by atoms with E-state index < -0.39 is 10.0 Å². The van der Waals surface area contributed by atoms with Crippen LogP contribution in [-0.4, -0.2) is 48.5 Å². The Morgan fingerprint density at radius 1 is 1.24 bits per heavy atom. The second kappa shape index (κ2) is 6.93. The summed E-state index contributed by atoms with van der Waals surface area (Å²) in [7, 11) is -3.69. The molecule has 0 aromatic carbocycles. The Balaban J connectivity index is 1.62. The van der Waals surface area contributed by atoms with E-state index in [9.17, 15) is 13.2 Å². The number of likely N-dealkylation sites (tertiary alicyclic amines) is 1. The van der Waals surface area contributed by atoms with Crippen LogP contribution in [0.4, 0.5) is 0 Å². The maximum atomic E-state index is 12.5. The fourth-order valence-electron chi connectivity index (χ4n) is 3.01. The van der Waals surface area contributed by atoms with E-state index in [-0.39, 0.29) is 22.6 Å². The number of nitrogens with zero attached hydrogens (tertiary/aromatic N) is 3. The highest BCUT2D eigenvalue weighted by molar-refractivity contribution is 7.89. The lowest BCUT2D eigenvalue weighted by Crippen LogP contribution is -2.46. The zero-order valence-electron chi connectivity index (χ0n) is 14.1. The predicted molar refractivity (Wildman–Crippen MR) is 89.5 cm³/mol. The lowest BCUT2D eigenvalue weighted by atomic mass is 10.1. The number of rotatable bonds is 4. The van der Waals surface area contributed by atoms with Gasteiger partial charge in [0.2, 0.25) is 10.0 Å². The molecule has 8 nitrogen and oxygen atoms in total. The molecule has 0 radical (unpaired) electrons. The van der Waals surface area contributed by atoms with Crippen molar-refractivity contribution < 1.29 is 17.7 Å². The summed E-state index contributed by atoms with van der Waals surface area (Å²) in [5.74, 6) is 0.213. The van der Waals surface area contributed by atoms with Gasteiger partial charge < -0.3 is 9.42 Å². The fourth-order valence-corrected chi connectivity index (χ4v) is 4.65. The summed E-state index contributed by atoms with van der Waals surface area (Å²) in [5.41, 5.74) is 0.931. The molecule has 0 unspecified atom stereocenters. The third-order valence-electron chi connectivity index (χ3n) is 4.27. The van der Waals surface area contributed by atoms with Gasteiger partial charge in [-0.25, -0.2) is 13.1 Å². The molecule has 0 saturated carbocycles. The number of pyridine rings is 1. The molecule has 9 heteroatoms. The van der Waals surface area contributed by atoms with Crippen molar-refractivity contribution in [3.8, 4) is 0 Å². The predicted octanol–water partition coefficient (Wildman–Crippen LogP) is 1.27. The van der Waals surface area contributed by atoms with Crippen LogP contribution in [0, 0.1) is 13.8 Å². The van der Waals surface area contributed by atoms with Crippen LogP contribution in [0.1, 0.15) is 34.7 Å². The molecule has 1 saturated heterocycles. The highest BCUT2D eigenvalue weighted by atomic mass is 32.2. The Morgan fingerprint density at radius 2 is 1.88 bits per heavy atom. The van der Waals surface area contributed by atoms with Gasteiger partial charge in [-0.3, -0.25) is 9.78 Å². The SMILES string of the molecule is Cc1noc(C)c1S(=O)(=O)NC1CCN(C(=O)c2ccncc2)CC1.